The SMILES string of the molecule is CCCN(CCc1cccs1)Cc1ccccc1N. The van der Waals surface area contributed by atoms with Gasteiger partial charge in [-0.2, -0.15) is 0 Å². The zero-order valence-electron chi connectivity index (χ0n) is 11.5. The lowest BCUT2D eigenvalue weighted by atomic mass is 10.1. The van der Waals surface area contributed by atoms with E-state index in [4.69, 9.17) is 5.73 Å². The van der Waals surface area contributed by atoms with Crippen LogP contribution < -0.4 is 5.73 Å². The van der Waals surface area contributed by atoms with Crippen molar-refractivity contribution < 1.29 is 0 Å². The zero-order valence-corrected chi connectivity index (χ0v) is 12.3. The number of anilines is 1. The second kappa shape index (κ2) is 7.31. The molecule has 1 aromatic carbocycles. The van der Waals surface area contributed by atoms with Crippen LogP contribution in [0.3, 0.4) is 0 Å². The van der Waals surface area contributed by atoms with Crippen molar-refractivity contribution in [2.24, 2.45) is 0 Å². The third-order valence-corrected chi connectivity index (χ3v) is 4.18. The molecule has 0 saturated heterocycles. The van der Waals surface area contributed by atoms with E-state index in [9.17, 15) is 0 Å². The van der Waals surface area contributed by atoms with Crippen LogP contribution in [-0.2, 0) is 13.0 Å². The molecule has 19 heavy (non-hydrogen) atoms. The fraction of sp³-hybridized carbons (Fsp3) is 0.375. The lowest BCUT2D eigenvalue weighted by Crippen LogP contribution is -2.26. The van der Waals surface area contributed by atoms with Gasteiger partial charge in [0.2, 0.25) is 0 Å². The van der Waals surface area contributed by atoms with Crippen LogP contribution in [0.25, 0.3) is 0 Å². The summed E-state index contributed by atoms with van der Waals surface area (Å²) in [6.45, 7) is 5.40. The van der Waals surface area contributed by atoms with Crippen LogP contribution in [0.15, 0.2) is 41.8 Å². The number of hydrogen-bond donors (Lipinski definition) is 1. The van der Waals surface area contributed by atoms with Gasteiger partial charge in [0.15, 0.2) is 0 Å². The van der Waals surface area contributed by atoms with E-state index < -0.39 is 0 Å². The van der Waals surface area contributed by atoms with E-state index in [1.54, 1.807) is 0 Å². The van der Waals surface area contributed by atoms with E-state index in [0.717, 1.165) is 31.7 Å². The highest BCUT2D eigenvalue weighted by molar-refractivity contribution is 7.09. The molecule has 2 nitrogen and oxygen atoms in total. The van der Waals surface area contributed by atoms with Gasteiger partial charge in [0, 0.05) is 23.7 Å². The van der Waals surface area contributed by atoms with Crippen LogP contribution in [0.1, 0.15) is 23.8 Å². The number of nitrogens with two attached hydrogens (primary N) is 1. The summed E-state index contributed by atoms with van der Waals surface area (Å²) >= 11 is 1.84. The summed E-state index contributed by atoms with van der Waals surface area (Å²) < 4.78 is 0. The Hall–Kier alpha value is -1.32. The van der Waals surface area contributed by atoms with E-state index in [0.29, 0.717) is 0 Å². The van der Waals surface area contributed by atoms with Crippen molar-refractivity contribution in [3.05, 3.63) is 52.2 Å². The van der Waals surface area contributed by atoms with Gasteiger partial charge in [0.05, 0.1) is 0 Å². The molecule has 102 valence electrons. The molecule has 2 N–H and O–H groups in total. The summed E-state index contributed by atoms with van der Waals surface area (Å²) in [5.41, 5.74) is 8.17. The van der Waals surface area contributed by atoms with Crippen LogP contribution in [0.4, 0.5) is 5.69 Å². The Labute approximate surface area is 119 Å². The number of hydrogen-bond acceptors (Lipinski definition) is 3. The summed E-state index contributed by atoms with van der Waals surface area (Å²) in [6, 6.07) is 12.5. The van der Waals surface area contributed by atoms with E-state index in [-0.39, 0.29) is 0 Å². The van der Waals surface area contributed by atoms with Crippen LogP contribution in [0, 0.1) is 0 Å². The topological polar surface area (TPSA) is 29.3 Å². The first-order valence-electron chi connectivity index (χ1n) is 6.87. The average Bonchev–Trinajstić information content (AvgIpc) is 2.92. The van der Waals surface area contributed by atoms with Gasteiger partial charge >= 0.3 is 0 Å². The molecule has 0 radical (unpaired) electrons. The number of nitrogen functional groups attached to an aromatic ring is 1. The van der Waals surface area contributed by atoms with Crippen molar-refractivity contribution in [2.45, 2.75) is 26.3 Å². The van der Waals surface area contributed by atoms with Crippen LogP contribution in [-0.4, -0.2) is 18.0 Å². The van der Waals surface area contributed by atoms with Gasteiger partial charge in [0.25, 0.3) is 0 Å². The molecule has 1 aromatic heterocycles. The Morgan fingerprint density at radius 3 is 2.63 bits per heavy atom. The maximum absolute atomic E-state index is 6.03. The number of benzene rings is 1. The summed E-state index contributed by atoms with van der Waals surface area (Å²) in [6.07, 6.45) is 2.31. The minimum Gasteiger partial charge on any atom is -0.398 e. The standard InChI is InChI=1S/C16H22N2S/c1-2-10-18(11-9-15-7-5-12-19-15)13-14-6-3-4-8-16(14)17/h3-8,12H,2,9-11,13,17H2,1H3. The van der Waals surface area contributed by atoms with Crippen molar-refractivity contribution in [1.29, 1.82) is 0 Å². The Bertz CT molecular complexity index is 479. The van der Waals surface area contributed by atoms with E-state index in [2.05, 4.69) is 41.5 Å². The lowest BCUT2D eigenvalue weighted by molar-refractivity contribution is 0.270. The van der Waals surface area contributed by atoms with Crippen molar-refractivity contribution in [3.8, 4) is 0 Å². The third-order valence-electron chi connectivity index (χ3n) is 3.24. The normalized spacial score (nSPS) is 11.1. The summed E-state index contributed by atoms with van der Waals surface area (Å²) in [5.74, 6) is 0. The molecule has 0 fully saturated rings. The summed E-state index contributed by atoms with van der Waals surface area (Å²) in [5, 5.41) is 2.15. The van der Waals surface area contributed by atoms with Crippen LogP contribution >= 0.6 is 11.3 Å². The smallest absolute Gasteiger partial charge is 0.0359 e. The molecule has 2 rings (SSSR count). The maximum atomic E-state index is 6.03. The second-order valence-electron chi connectivity index (χ2n) is 4.80. The monoisotopic (exact) mass is 274 g/mol. The van der Waals surface area contributed by atoms with E-state index >= 15 is 0 Å². The first kappa shape index (κ1) is 14.1. The minimum absolute atomic E-state index is 0.903. The molecule has 0 unspecified atom stereocenters. The molecule has 3 heteroatoms. The second-order valence-corrected chi connectivity index (χ2v) is 5.84. The molecule has 0 bridgehead atoms. The van der Waals surface area contributed by atoms with E-state index in [1.165, 1.54) is 16.9 Å². The predicted octanol–water partition coefficient (Wildman–Crippen LogP) is 3.79. The van der Waals surface area contributed by atoms with Crippen molar-refractivity contribution in [1.82, 2.24) is 4.90 Å². The van der Waals surface area contributed by atoms with Crippen LogP contribution in [0.5, 0.6) is 0 Å². The van der Waals surface area contributed by atoms with Gasteiger partial charge < -0.3 is 5.73 Å². The van der Waals surface area contributed by atoms with Crippen LogP contribution in [0.2, 0.25) is 0 Å². The molecule has 1 heterocycles. The zero-order chi connectivity index (χ0) is 13.5. The first-order valence-corrected chi connectivity index (χ1v) is 7.75. The Balaban J connectivity index is 1.94. The van der Waals surface area contributed by atoms with Gasteiger partial charge in [-0.1, -0.05) is 31.2 Å². The molecule has 0 saturated carbocycles. The number of rotatable bonds is 7. The summed E-state index contributed by atoms with van der Waals surface area (Å²) in [4.78, 5) is 3.95. The molecule has 0 spiro atoms. The first-order chi connectivity index (χ1) is 9.29. The highest BCUT2D eigenvalue weighted by atomic mass is 32.1. The van der Waals surface area contributed by atoms with Gasteiger partial charge in [-0.15, -0.1) is 11.3 Å². The van der Waals surface area contributed by atoms with Gasteiger partial charge in [-0.3, -0.25) is 4.90 Å². The third kappa shape index (κ3) is 4.37. The Morgan fingerprint density at radius 1 is 1.11 bits per heavy atom. The minimum atomic E-state index is 0.903. The quantitative estimate of drug-likeness (QED) is 0.778. The van der Waals surface area contributed by atoms with Crippen molar-refractivity contribution in [3.63, 3.8) is 0 Å². The number of para-hydroxylation sites is 1. The molecule has 2 aromatic rings. The average molecular weight is 274 g/mol. The number of thiophene rings is 1. The molecule has 0 atom stereocenters. The Kier molecular flexibility index (Phi) is 5.43. The van der Waals surface area contributed by atoms with Gasteiger partial charge in [-0.25, -0.2) is 0 Å². The van der Waals surface area contributed by atoms with E-state index in [1.807, 2.05) is 23.5 Å². The molecule has 0 aliphatic heterocycles. The molecule has 0 aliphatic carbocycles. The van der Waals surface area contributed by atoms with Crippen molar-refractivity contribution in [2.75, 3.05) is 18.8 Å². The predicted molar refractivity (Wildman–Crippen MR) is 84.4 cm³/mol. The Morgan fingerprint density at radius 2 is 1.95 bits per heavy atom. The highest BCUT2D eigenvalue weighted by Gasteiger charge is 2.07. The highest BCUT2D eigenvalue weighted by Crippen LogP contribution is 2.15. The van der Waals surface area contributed by atoms with Gasteiger partial charge in [-0.05, 0) is 42.5 Å². The molecular weight excluding hydrogens is 252 g/mol. The number of nitrogens with zero attached hydrogens (tertiary/aromatic N) is 1. The maximum Gasteiger partial charge on any atom is 0.0359 e. The largest absolute Gasteiger partial charge is 0.398 e. The summed E-state index contributed by atoms with van der Waals surface area (Å²) in [7, 11) is 0. The fourth-order valence-electron chi connectivity index (χ4n) is 2.23. The molecule has 0 aliphatic rings. The molecular formula is C16H22N2S. The van der Waals surface area contributed by atoms with Gasteiger partial charge in [0.1, 0.15) is 0 Å². The molecule has 0 amide bonds. The van der Waals surface area contributed by atoms with Crippen molar-refractivity contribution >= 4 is 17.0 Å². The fourth-order valence-corrected chi connectivity index (χ4v) is 2.93. The lowest BCUT2D eigenvalue weighted by Gasteiger charge is -2.22.